The van der Waals surface area contributed by atoms with Crippen LogP contribution in [-0.4, -0.2) is 98.5 Å². The molecule has 0 amide bonds. The maximum Gasteiger partial charge on any atom is 0.303 e. The van der Waals surface area contributed by atoms with E-state index in [0.29, 0.717) is 11.1 Å². The van der Waals surface area contributed by atoms with Crippen molar-refractivity contribution in [2.24, 2.45) is 0 Å². The minimum Gasteiger partial charge on any atom is -0.455 e. The van der Waals surface area contributed by atoms with Gasteiger partial charge in [-0.1, -0.05) is 60.7 Å². The summed E-state index contributed by atoms with van der Waals surface area (Å²) in [6.07, 6.45) is -13.5. The molecule has 4 saturated heterocycles. The van der Waals surface area contributed by atoms with Crippen LogP contribution in [0.25, 0.3) is 0 Å². The van der Waals surface area contributed by atoms with Crippen LogP contribution in [0.4, 0.5) is 0 Å². The quantitative estimate of drug-likeness (QED) is 0.293. The maximum absolute atomic E-state index is 12.4. The summed E-state index contributed by atoms with van der Waals surface area (Å²) in [5.74, 6) is -2.82. The number of esters is 4. The molecule has 0 aromatic heterocycles. The molecular formula is C34H38O15. The molecule has 4 aliphatic rings. The number of benzene rings is 2. The SMILES string of the molecule is CC(=O)O[C@@H]1[C@@H](OC(C)=O)[C@@H](O[C@H]2O[C@@H]3COC(c4ccccc4)O[C@H]3[C@H](OC(C)=O)[C@H]2OC(C)=O)O[C@@H]2COC(c3ccccc3)O[C@@H]12. The minimum absolute atomic E-state index is 0.0170. The molecule has 6 rings (SSSR count). The molecule has 15 heteroatoms. The van der Waals surface area contributed by atoms with Crippen LogP contribution in [-0.2, 0) is 71.3 Å². The van der Waals surface area contributed by atoms with Gasteiger partial charge < -0.3 is 52.1 Å². The first-order valence-electron chi connectivity index (χ1n) is 15.9. The van der Waals surface area contributed by atoms with Crippen LogP contribution >= 0.6 is 0 Å². The van der Waals surface area contributed by atoms with E-state index in [-0.39, 0.29) is 13.2 Å². The van der Waals surface area contributed by atoms with Crippen molar-refractivity contribution in [3.63, 3.8) is 0 Å². The Labute approximate surface area is 281 Å². The van der Waals surface area contributed by atoms with Gasteiger partial charge in [0.2, 0.25) is 12.6 Å². The Kier molecular flexibility index (Phi) is 10.9. The zero-order valence-corrected chi connectivity index (χ0v) is 27.2. The highest BCUT2D eigenvalue weighted by atomic mass is 16.8. The smallest absolute Gasteiger partial charge is 0.303 e. The Balaban J connectivity index is 1.29. The van der Waals surface area contributed by atoms with Crippen LogP contribution in [0, 0.1) is 0 Å². The monoisotopic (exact) mass is 686 g/mol. The Morgan fingerprint density at radius 3 is 1.20 bits per heavy atom. The summed E-state index contributed by atoms with van der Waals surface area (Å²) in [4.78, 5) is 49.6. The molecule has 2 aromatic carbocycles. The van der Waals surface area contributed by atoms with Crippen LogP contribution in [0.15, 0.2) is 60.7 Å². The number of carbonyl (C=O) groups is 4. The number of hydrogen-bond acceptors (Lipinski definition) is 15. The molecule has 0 N–H and O–H groups in total. The van der Waals surface area contributed by atoms with Crippen LogP contribution in [0.1, 0.15) is 51.4 Å². The molecule has 0 bridgehead atoms. The third kappa shape index (κ3) is 8.10. The number of rotatable bonds is 8. The second-order valence-electron chi connectivity index (χ2n) is 11.9. The lowest BCUT2D eigenvalue weighted by atomic mass is 9.96. The van der Waals surface area contributed by atoms with Crippen molar-refractivity contribution < 1.29 is 71.3 Å². The van der Waals surface area contributed by atoms with E-state index < -0.39 is 97.9 Å². The van der Waals surface area contributed by atoms with Gasteiger partial charge in [-0.2, -0.15) is 0 Å². The van der Waals surface area contributed by atoms with E-state index in [1.54, 1.807) is 0 Å². The van der Waals surface area contributed by atoms with Gasteiger partial charge >= 0.3 is 23.9 Å². The van der Waals surface area contributed by atoms with Gasteiger partial charge in [0.15, 0.2) is 37.0 Å². The first-order chi connectivity index (χ1) is 23.6. The predicted octanol–water partition coefficient (Wildman–Crippen LogP) is 2.41. The molecule has 4 fully saturated rings. The summed E-state index contributed by atoms with van der Waals surface area (Å²) >= 11 is 0. The fourth-order valence-corrected chi connectivity index (χ4v) is 6.29. The van der Waals surface area contributed by atoms with Crippen LogP contribution in [0.2, 0.25) is 0 Å². The average molecular weight is 687 g/mol. The summed E-state index contributed by atoms with van der Waals surface area (Å²) < 4.78 is 65.8. The molecule has 12 atom stereocenters. The summed E-state index contributed by atoms with van der Waals surface area (Å²) in [6, 6.07) is 18.2. The van der Waals surface area contributed by atoms with Gasteiger partial charge in [-0.15, -0.1) is 0 Å². The summed E-state index contributed by atoms with van der Waals surface area (Å²) in [5, 5.41) is 0. The lowest BCUT2D eigenvalue weighted by molar-refractivity contribution is -0.411. The topological polar surface area (TPSA) is 170 Å². The van der Waals surface area contributed by atoms with Crippen molar-refractivity contribution >= 4 is 23.9 Å². The van der Waals surface area contributed by atoms with Gasteiger partial charge in [-0.3, -0.25) is 19.2 Å². The number of ether oxygens (including phenoxy) is 11. The van der Waals surface area contributed by atoms with E-state index in [2.05, 4.69) is 0 Å². The summed E-state index contributed by atoms with van der Waals surface area (Å²) in [7, 11) is 0. The summed E-state index contributed by atoms with van der Waals surface area (Å²) in [5.41, 5.74) is 1.42. The molecule has 2 aromatic rings. The fourth-order valence-electron chi connectivity index (χ4n) is 6.29. The third-order valence-corrected chi connectivity index (χ3v) is 8.19. The second kappa shape index (κ2) is 15.3. The van der Waals surface area contributed by atoms with Crippen molar-refractivity contribution in [2.45, 2.75) is 102 Å². The molecule has 264 valence electrons. The first-order valence-corrected chi connectivity index (χ1v) is 15.9. The van der Waals surface area contributed by atoms with E-state index >= 15 is 0 Å². The largest absolute Gasteiger partial charge is 0.455 e. The molecule has 0 saturated carbocycles. The van der Waals surface area contributed by atoms with Crippen LogP contribution in [0.3, 0.4) is 0 Å². The molecule has 2 unspecified atom stereocenters. The predicted molar refractivity (Wildman–Crippen MR) is 161 cm³/mol. The van der Waals surface area contributed by atoms with Gasteiger partial charge in [-0.05, 0) is 0 Å². The van der Waals surface area contributed by atoms with Crippen molar-refractivity contribution in [1.29, 1.82) is 0 Å². The molecular weight excluding hydrogens is 648 g/mol. The van der Waals surface area contributed by atoms with E-state index in [4.69, 9.17) is 52.1 Å². The van der Waals surface area contributed by atoms with Crippen molar-refractivity contribution in [2.75, 3.05) is 13.2 Å². The first kappa shape index (κ1) is 34.9. The summed E-state index contributed by atoms with van der Waals surface area (Å²) in [6.45, 7) is 4.72. The number of carbonyl (C=O) groups excluding carboxylic acids is 4. The van der Waals surface area contributed by atoms with Gasteiger partial charge in [0.25, 0.3) is 0 Å². The van der Waals surface area contributed by atoms with Gasteiger partial charge in [-0.25, -0.2) is 0 Å². The Morgan fingerprint density at radius 1 is 0.510 bits per heavy atom. The Morgan fingerprint density at radius 2 is 0.857 bits per heavy atom. The highest BCUT2D eigenvalue weighted by molar-refractivity contribution is 5.68. The third-order valence-electron chi connectivity index (χ3n) is 8.19. The molecule has 15 nitrogen and oxygen atoms in total. The number of fused-ring (bicyclic) bond motifs is 2. The van der Waals surface area contributed by atoms with Crippen molar-refractivity contribution in [1.82, 2.24) is 0 Å². The molecule has 49 heavy (non-hydrogen) atoms. The maximum atomic E-state index is 12.4. The highest BCUT2D eigenvalue weighted by Crippen LogP contribution is 2.40. The van der Waals surface area contributed by atoms with Crippen LogP contribution < -0.4 is 0 Å². The van der Waals surface area contributed by atoms with Crippen LogP contribution in [0.5, 0.6) is 0 Å². The highest BCUT2D eigenvalue weighted by Gasteiger charge is 2.58. The molecule has 0 spiro atoms. The molecule has 4 aliphatic heterocycles. The zero-order valence-electron chi connectivity index (χ0n) is 27.2. The minimum atomic E-state index is -1.48. The Bertz CT molecular complexity index is 1360. The van der Waals surface area contributed by atoms with E-state index in [9.17, 15) is 19.2 Å². The van der Waals surface area contributed by atoms with Gasteiger partial charge in [0, 0.05) is 38.8 Å². The molecule has 4 heterocycles. The second-order valence-corrected chi connectivity index (χ2v) is 11.9. The number of hydrogen-bond donors (Lipinski definition) is 0. The standard InChI is InChI=1S/C34H38O15/c1-17(35)41-27-25-23(15-39-31(47-25)21-11-7-5-8-12-21)45-33(29(27)43-19(3)37)49-34-30(44-20(4)38)28(42-18(2)36)26-24(46-34)16-40-32(48-26)22-13-9-6-10-14-22/h5-14,23-34H,15-16H2,1-4H3/t23-,24-,25-,26-,27+,28+,29-,30-,31?,32?,33-,34-/m1/s1. The fraction of sp³-hybridized carbons (Fsp3) is 0.529. The lowest BCUT2D eigenvalue weighted by Crippen LogP contribution is -2.68. The van der Waals surface area contributed by atoms with Gasteiger partial charge in [0.1, 0.15) is 24.4 Å². The van der Waals surface area contributed by atoms with E-state index in [1.165, 1.54) is 27.7 Å². The Hall–Kier alpha value is -3.96. The lowest BCUT2D eigenvalue weighted by Gasteiger charge is -2.51. The normalized spacial score (nSPS) is 35.5. The molecule has 0 radical (unpaired) electrons. The van der Waals surface area contributed by atoms with Crippen molar-refractivity contribution in [3.05, 3.63) is 71.8 Å². The van der Waals surface area contributed by atoms with Gasteiger partial charge in [0.05, 0.1) is 13.2 Å². The van der Waals surface area contributed by atoms with E-state index in [0.717, 1.165) is 0 Å². The average Bonchev–Trinajstić information content (AvgIpc) is 3.07. The van der Waals surface area contributed by atoms with Crippen molar-refractivity contribution in [3.8, 4) is 0 Å². The van der Waals surface area contributed by atoms with E-state index in [1.807, 2.05) is 60.7 Å². The molecule has 0 aliphatic carbocycles. The zero-order chi connectivity index (χ0) is 34.7.